The van der Waals surface area contributed by atoms with E-state index in [4.69, 9.17) is 5.73 Å². The number of rotatable bonds is 1. The lowest BCUT2D eigenvalue weighted by molar-refractivity contribution is -0.548. The summed E-state index contributed by atoms with van der Waals surface area (Å²) in [5.41, 5.74) is 4.38. The molecule has 0 saturated heterocycles. The zero-order valence-corrected chi connectivity index (χ0v) is 8.25. The van der Waals surface area contributed by atoms with Gasteiger partial charge in [-0.1, -0.05) is 18.2 Å². The van der Waals surface area contributed by atoms with Gasteiger partial charge in [0.05, 0.1) is 5.36 Å². The second-order valence-electron chi connectivity index (χ2n) is 3.76. The average Bonchev–Trinajstić information content (AvgIpc) is 2.19. The topological polar surface area (TPSA) is 81.5 Å². The van der Waals surface area contributed by atoms with Crippen LogP contribution in [0, 0.1) is 10.1 Å². The van der Waals surface area contributed by atoms with Gasteiger partial charge in [-0.2, -0.15) is 0 Å². The SMILES string of the molecule is CC1([N+](=O)[O-])C=c2ccccc2=NC1N. The summed E-state index contributed by atoms with van der Waals surface area (Å²) in [4.78, 5) is 14.7. The van der Waals surface area contributed by atoms with Crippen LogP contribution in [-0.4, -0.2) is 16.6 Å². The maximum Gasteiger partial charge on any atom is 0.273 e. The van der Waals surface area contributed by atoms with E-state index in [2.05, 4.69) is 4.99 Å². The highest BCUT2D eigenvalue weighted by molar-refractivity contribution is 5.37. The minimum absolute atomic E-state index is 0.392. The molecule has 5 heteroatoms. The highest BCUT2D eigenvalue weighted by Crippen LogP contribution is 2.17. The zero-order chi connectivity index (χ0) is 11.1. The van der Waals surface area contributed by atoms with E-state index in [-0.39, 0.29) is 0 Å². The molecule has 0 spiro atoms. The van der Waals surface area contributed by atoms with Crippen molar-refractivity contribution in [2.45, 2.75) is 18.6 Å². The van der Waals surface area contributed by atoms with Crippen LogP contribution in [0.3, 0.4) is 0 Å². The summed E-state index contributed by atoms with van der Waals surface area (Å²) in [5, 5.41) is 12.4. The lowest BCUT2D eigenvalue weighted by atomic mass is 9.95. The Bertz CT molecular complexity index is 526. The van der Waals surface area contributed by atoms with Gasteiger partial charge in [-0.15, -0.1) is 0 Å². The van der Waals surface area contributed by atoms with E-state index in [1.165, 1.54) is 6.92 Å². The Balaban J connectivity index is 2.71. The quantitative estimate of drug-likeness (QED) is 0.492. The number of nitro groups is 1. The van der Waals surface area contributed by atoms with Gasteiger partial charge >= 0.3 is 0 Å². The van der Waals surface area contributed by atoms with E-state index in [0.717, 1.165) is 5.22 Å². The molecule has 0 saturated carbocycles. The van der Waals surface area contributed by atoms with Crippen molar-refractivity contribution in [3.05, 3.63) is 45.0 Å². The molecule has 0 aromatic heterocycles. The number of para-hydroxylation sites is 1. The Hall–Kier alpha value is -1.75. The van der Waals surface area contributed by atoms with Crippen molar-refractivity contribution in [1.29, 1.82) is 0 Å². The smallest absolute Gasteiger partial charge is 0.273 e. The van der Waals surface area contributed by atoms with Crippen LogP contribution in [0.25, 0.3) is 6.08 Å². The van der Waals surface area contributed by atoms with E-state index in [9.17, 15) is 10.1 Å². The first-order chi connectivity index (χ1) is 7.04. The molecule has 15 heavy (non-hydrogen) atoms. The Kier molecular flexibility index (Phi) is 2.04. The largest absolute Gasteiger partial charge is 0.303 e. The molecule has 0 fully saturated rings. The minimum Gasteiger partial charge on any atom is -0.303 e. The minimum atomic E-state index is -1.31. The predicted molar refractivity (Wildman–Crippen MR) is 55.1 cm³/mol. The van der Waals surface area contributed by atoms with Crippen molar-refractivity contribution in [3.63, 3.8) is 0 Å². The first-order valence-corrected chi connectivity index (χ1v) is 4.60. The van der Waals surface area contributed by atoms with Gasteiger partial charge in [-0.25, -0.2) is 0 Å². The summed E-state index contributed by atoms with van der Waals surface area (Å²) < 4.78 is 0. The highest BCUT2D eigenvalue weighted by atomic mass is 16.6. The summed E-state index contributed by atoms with van der Waals surface area (Å²) in [6.07, 6.45) is 0.738. The van der Waals surface area contributed by atoms with Crippen molar-refractivity contribution < 1.29 is 4.92 Å². The Morgan fingerprint density at radius 1 is 1.53 bits per heavy atom. The van der Waals surface area contributed by atoms with Gasteiger partial charge in [0.2, 0.25) is 0 Å². The summed E-state index contributed by atoms with van der Waals surface area (Å²) in [7, 11) is 0. The summed E-state index contributed by atoms with van der Waals surface area (Å²) in [6, 6.07) is 7.25. The lowest BCUT2D eigenvalue weighted by Crippen LogP contribution is -2.54. The van der Waals surface area contributed by atoms with Crippen LogP contribution in [0.1, 0.15) is 6.92 Å². The third-order valence-corrected chi connectivity index (χ3v) is 2.65. The molecule has 1 heterocycles. The van der Waals surface area contributed by atoms with E-state index >= 15 is 0 Å². The van der Waals surface area contributed by atoms with Gasteiger partial charge in [0.1, 0.15) is 0 Å². The number of nitrogens with two attached hydrogens (primary N) is 1. The Labute approximate surface area is 86.1 Å². The standard InChI is InChI=1S/C10H11N3O2/c1-10(13(14)15)6-7-4-2-3-5-8(7)12-9(10)11/h2-6,9H,11H2,1H3. The third kappa shape index (κ3) is 1.41. The second kappa shape index (κ2) is 3.13. The fourth-order valence-corrected chi connectivity index (χ4v) is 1.57. The maximum atomic E-state index is 10.9. The molecule has 0 aliphatic carbocycles. The third-order valence-electron chi connectivity index (χ3n) is 2.65. The van der Waals surface area contributed by atoms with E-state index in [1.807, 2.05) is 12.1 Å². The molecule has 1 aliphatic heterocycles. The fourth-order valence-electron chi connectivity index (χ4n) is 1.57. The maximum absolute atomic E-state index is 10.9. The molecule has 1 aliphatic rings. The van der Waals surface area contributed by atoms with Crippen molar-refractivity contribution in [2.75, 3.05) is 0 Å². The van der Waals surface area contributed by atoms with Crippen LogP contribution in [0.5, 0.6) is 0 Å². The molecular weight excluding hydrogens is 194 g/mol. The van der Waals surface area contributed by atoms with E-state index in [0.29, 0.717) is 5.36 Å². The van der Waals surface area contributed by atoms with Crippen molar-refractivity contribution in [3.8, 4) is 0 Å². The molecule has 78 valence electrons. The molecule has 0 bridgehead atoms. The van der Waals surface area contributed by atoms with Gasteiger partial charge in [0, 0.05) is 23.1 Å². The van der Waals surface area contributed by atoms with E-state index in [1.54, 1.807) is 18.2 Å². The molecule has 2 unspecified atom stereocenters. The normalized spacial score (nSPS) is 28.5. The molecule has 5 nitrogen and oxygen atoms in total. The van der Waals surface area contributed by atoms with Crippen molar-refractivity contribution in [2.24, 2.45) is 10.7 Å². The summed E-state index contributed by atoms with van der Waals surface area (Å²) in [6.45, 7) is 1.48. The van der Waals surface area contributed by atoms with Gasteiger partial charge in [-0.3, -0.25) is 15.1 Å². The van der Waals surface area contributed by atoms with Crippen LogP contribution in [0.2, 0.25) is 0 Å². The fraction of sp³-hybridized carbons (Fsp3) is 0.300. The highest BCUT2D eigenvalue weighted by Gasteiger charge is 2.43. The number of benzene rings is 1. The predicted octanol–water partition coefficient (Wildman–Crippen LogP) is -0.579. The summed E-state index contributed by atoms with van der Waals surface area (Å²) in [5.74, 6) is 0. The van der Waals surface area contributed by atoms with Crippen LogP contribution in [0.4, 0.5) is 0 Å². The van der Waals surface area contributed by atoms with Crippen LogP contribution in [0.15, 0.2) is 29.3 Å². The first kappa shape index (κ1) is 9.79. The average molecular weight is 205 g/mol. The second-order valence-corrected chi connectivity index (χ2v) is 3.76. The Morgan fingerprint density at radius 2 is 2.20 bits per heavy atom. The van der Waals surface area contributed by atoms with Gasteiger partial charge in [0.15, 0.2) is 6.17 Å². The molecule has 0 radical (unpaired) electrons. The van der Waals surface area contributed by atoms with Crippen LogP contribution < -0.4 is 16.3 Å². The monoisotopic (exact) mass is 205 g/mol. The van der Waals surface area contributed by atoms with Crippen molar-refractivity contribution >= 4 is 6.08 Å². The van der Waals surface area contributed by atoms with Gasteiger partial charge in [-0.05, 0) is 6.07 Å². The molecule has 0 amide bonds. The molecule has 2 atom stereocenters. The van der Waals surface area contributed by atoms with Crippen LogP contribution in [-0.2, 0) is 0 Å². The van der Waals surface area contributed by atoms with Gasteiger partial charge < -0.3 is 5.73 Å². The van der Waals surface area contributed by atoms with Gasteiger partial charge in [0.25, 0.3) is 5.54 Å². The first-order valence-electron chi connectivity index (χ1n) is 4.60. The number of hydrogen-bond donors (Lipinski definition) is 1. The summed E-state index contributed by atoms with van der Waals surface area (Å²) >= 11 is 0. The lowest BCUT2D eigenvalue weighted by Gasteiger charge is -2.23. The molecule has 2 N–H and O–H groups in total. The zero-order valence-electron chi connectivity index (χ0n) is 8.25. The molecular formula is C10H11N3O2. The number of hydrogen-bond acceptors (Lipinski definition) is 4. The number of fused-ring (bicyclic) bond motifs is 1. The molecule has 2 rings (SSSR count). The molecule has 1 aromatic rings. The van der Waals surface area contributed by atoms with Crippen LogP contribution >= 0.6 is 0 Å². The Morgan fingerprint density at radius 3 is 2.87 bits per heavy atom. The van der Waals surface area contributed by atoms with Crippen molar-refractivity contribution in [1.82, 2.24) is 0 Å². The van der Waals surface area contributed by atoms with E-state index < -0.39 is 16.6 Å². The number of nitrogens with zero attached hydrogens (tertiary/aromatic N) is 2. The molecule has 1 aromatic carbocycles.